The Balaban J connectivity index is 2.83. The van der Waals surface area contributed by atoms with Crippen LogP contribution >= 0.6 is 0 Å². The van der Waals surface area contributed by atoms with E-state index in [-0.39, 0.29) is 12.1 Å². The predicted molar refractivity (Wildman–Crippen MR) is 78.2 cm³/mol. The molecule has 8 nitrogen and oxygen atoms in total. The van der Waals surface area contributed by atoms with Crippen LogP contribution in [0.4, 0.5) is 0 Å². The van der Waals surface area contributed by atoms with Crippen LogP contribution < -0.4 is 25.0 Å². The fourth-order valence-electron chi connectivity index (χ4n) is 1.66. The lowest BCUT2D eigenvalue weighted by Gasteiger charge is -2.14. The van der Waals surface area contributed by atoms with Crippen molar-refractivity contribution in [3.63, 3.8) is 0 Å². The Bertz CT molecular complexity index is 507. The van der Waals surface area contributed by atoms with Gasteiger partial charge < -0.3 is 19.5 Å². The molecule has 0 saturated heterocycles. The molecule has 0 aliphatic heterocycles. The summed E-state index contributed by atoms with van der Waals surface area (Å²) in [5.41, 5.74) is 2.46. The summed E-state index contributed by atoms with van der Waals surface area (Å²) in [6.07, 6.45) is 0. The SMILES string of the molecule is CCONC(=O)CNC(=O)c1cc(OC)c(OC)c(OC)c1. The van der Waals surface area contributed by atoms with Gasteiger partial charge in [-0.05, 0) is 19.1 Å². The molecule has 0 aromatic heterocycles. The van der Waals surface area contributed by atoms with Crippen LogP contribution in [0.25, 0.3) is 0 Å². The maximum absolute atomic E-state index is 12.1. The zero-order valence-corrected chi connectivity index (χ0v) is 13.0. The second-order valence-electron chi connectivity index (χ2n) is 4.05. The van der Waals surface area contributed by atoms with Gasteiger partial charge in [0.25, 0.3) is 11.8 Å². The van der Waals surface area contributed by atoms with Gasteiger partial charge in [0.05, 0.1) is 34.5 Å². The summed E-state index contributed by atoms with van der Waals surface area (Å²) in [5.74, 6) is 0.181. The van der Waals surface area contributed by atoms with E-state index in [0.717, 1.165) is 0 Å². The number of carbonyl (C=O) groups excluding carboxylic acids is 2. The van der Waals surface area contributed by atoms with Crippen LogP contribution in [-0.2, 0) is 9.63 Å². The van der Waals surface area contributed by atoms with Crippen molar-refractivity contribution in [2.75, 3.05) is 34.5 Å². The summed E-state index contributed by atoms with van der Waals surface area (Å²) < 4.78 is 15.5. The minimum Gasteiger partial charge on any atom is -0.493 e. The first-order valence-electron chi connectivity index (χ1n) is 6.56. The summed E-state index contributed by atoms with van der Waals surface area (Å²) in [7, 11) is 4.38. The van der Waals surface area contributed by atoms with Gasteiger partial charge in [0.15, 0.2) is 11.5 Å². The lowest BCUT2D eigenvalue weighted by Crippen LogP contribution is -2.36. The minimum atomic E-state index is -0.456. The standard InChI is InChI=1S/C14H20N2O6/c1-5-22-16-12(17)8-15-14(18)9-6-10(19-2)13(21-4)11(7-9)20-3/h6-7H,5,8H2,1-4H3,(H,15,18)(H,16,17). The first-order chi connectivity index (χ1) is 10.6. The average Bonchev–Trinajstić information content (AvgIpc) is 2.55. The highest BCUT2D eigenvalue weighted by Gasteiger charge is 2.17. The largest absolute Gasteiger partial charge is 0.493 e. The van der Waals surface area contributed by atoms with Gasteiger partial charge in [-0.25, -0.2) is 5.48 Å². The number of amides is 2. The number of methoxy groups -OCH3 is 3. The maximum atomic E-state index is 12.1. The highest BCUT2D eigenvalue weighted by molar-refractivity contribution is 5.97. The van der Waals surface area contributed by atoms with Crippen molar-refractivity contribution in [3.05, 3.63) is 17.7 Å². The number of ether oxygens (including phenoxy) is 3. The lowest BCUT2D eigenvalue weighted by atomic mass is 10.1. The van der Waals surface area contributed by atoms with Gasteiger partial charge >= 0.3 is 0 Å². The molecule has 22 heavy (non-hydrogen) atoms. The van der Waals surface area contributed by atoms with Gasteiger partial charge in [-0.3, -0.25) is 14.4 Å². The molecular weight excluding hydrogens is 292 g/mol. The molecule has 0 spiro atoms. The summed E-state index contributed by atoms with van der Waals surface area (Å²) in [4.78, 5) is 28.2. The Hall–Kier alpha value is -2.48. The molecule has 8 heteroatoms. The van der Waals surface area contributed by atoms with E-state index in [1.165, 1.54) is 33.5 Å². The third-order valence-electron chi connectivity index (χ3n) is 2.67. The molecule has 0 atom stereocenters. The van der Waals surface area contributed by atoms with Gasteiger partial charge in [0, 0.05) is 5.56 Å². The Kier molecular flexibility index (Phi) is 6.97. The second-order valence-corrected chi connectivity index (χ2v) is 4.05. The van der Waals surface area contributed by atoms with Crippen molar-refractivity contribution in [3.8, 4) is 17.2 Å². The van der Waals surface area contributed by atoms with E-state index in [1.807, 2.05) is 0 Å². The highest BCUT2D eigenvalue weighted by Crippen LogP contribution is 2.38. The molecule has 0 bridgehead atoms. The number of rotatable bonds is 8. The number of nitrogens with one attached hydrogen (secondary N) is 2. The first-order valence-corrected chi connectivity index (χ1v) is 6.56. The van der Waals surface area contributed by atoms with Crippen LogP contribution in [0.15, 0.2) is 12.1 Å². The minimum absolute atomic E-state index is 0.213. The Morgan fingerprint density at radius 2 is 1.64 bits per heavy atom. The smallest absolute Gasteiger partial charge is 0.262 e. The topological polar surface area (TPSA) is 95.1 Å². The molecule has 0 aliphatic carbocycles. The molecule has 122 valence electrons. The monoisotopic (exact) mass is 312 g/mol. The quantitative estimate of drug-likeness (QED) is 0.679. The van der Waals surface area contributed by atoms with E-state index in [4.69, 9.17) is 19.0 Å². The van der Waals surface area contributed by atoms with E-state index < -0.39 is 11.8 Å². The van der Waals surface area contributed by atoms with Gasteiger partial charge in [0.2, 0.25) is 5.75 Å². The Morgan fingerprint density at radius 1 is 1.05 bits per heavy atom. The highest BCUT2D eigenvalue weighted by atomic mass is 16.6. The van der Waals surface area contributed by atoms with E-state index in [0.29, 0.717) is 23.9 Å². The van der Waals surface area contributed by atoms with Crippen LogP contribution in [0.3, 0.4) is 0 Å². The number of carbonyl (C=O) groups is 2. The van der Waals surface area contributed by atoms with Gasteiger partial charge in [-0.1, -0.05) is 0 Å². The lowest BCUT2D eigenvalue weighted by molar-refractivity contribution is -0.132. The number of benzene rings is 1. The maximum Gasteiger partial charge on any atom is 0.262 e. The molecule has 0 heterocycles. The molecule has 0 fully saturated rings. The van der Waals surface area contributed by atoms with Crippen LogP contribution in [0.1, 0.15) is 17.3 Å². The Morgan fingerprint density at radius 3 is 2.09 bits per heavy atom. The molecule has 1 rings (SSSR count). The first kappa shape index (κ1) is 17.6. The fourth-order valence-corrected chi connectivity index (χ4v) is 1.66. The number of hydrogen-bond acceptors (Lipinski definition) is 6. The van der Waals surface area contributed by atoms with E-state index >= 15 is 0 Å². The van der Waals surface area contributed by atoms with Crippen molar-refractivity contribution < 1.29 is 28.6 Å². The van der Waals surface area contributed by atoms with Crippen molar-refractivity contribution in [2.24, 2.45) is 0 Å². The number of hydrogen-bond donors (Lipinski definition) is 2. The average molecular weight is 312 g/mol. The van der Waals surface area contributed by atoms with Crippen molar-refractivity contribution >= 4 is 11.8 Å². The third kappa shape index (κ3) is 4.52. The molecule has 2 N–H and O–H groups in total. The Labute approximate surface area is 128 Å². The van der Waals surface area contributed by atoms with Crippen LogP contribution in [0, 0.1) is 0 Å². The summed E-state index contributed by atoms with van der Waals surface area (Å²) in [6.45, 7) is 1.86. The zero-order chi connectivity index (χ0) is 16.5. The van der Waals surface area contributed by atoms with Crippen molar-refractivity contribution in [2.45, 2.75) is 6.92 Å². The van der Waals surface area contributed by atoms with Crippen LogP contribution in [-0.4, -0.2) is 46.3 Å². The summed E-state index contributed by atoms with van der Waals surface area (Å²) in [6, 6.07) is 2.99. The molecule has 0 aliphatic rings. The van der Waals surface area contributed by atoms with E-state index in [1.54, 1.807) is 6.92 Å². The summed E-state index contributed by atoms with van der Waals surface area (Å²) in [5, 5.41) is 2.46. The van der Waals surface area contributed by atoms with Crippen molar-refractivity contribution in [1.82, 2.24) is 10.8 Å². The van der Waals surface area contributed by atoms with Crippen molar-refractivity contribution in [1.29, 1.82) is 0 Å². The van der Waals surface area contributed by atoms with E-state index in [9.17, 15) is 9.59 Å². The predicted octanol–water partition coefficient (Wildman–Crippen LogP) is 0.510. The molecule has 1 aromatic rings. The van der Waals surface area contributed by atoms with Crippen LogP contribution in [0.5, 0.6) is 17.2 Å². The fraction of sp³-hybridized carbons (Fsp3) is 0.429. The molecule has 0 radical (unpaired) electrons. The van der Waals surface area contributed by atoms with Gasteiger partial charge in [-0.2, -0.15) is 0 Å². The van der Waals surface area contributed by atoms with Gasteiger partial charge in [0.1, 0.15) is 0 Å². The molecule has 0 unspecified atom stereocenters. The van der Waals surface area contributed by atoms with Crippen LogP contribution in [0.2, 0.25) is 0 Å². The van der Waals surface area contributed by atoms with Gasteiger partial charge in [-0.15, -0.1) is 0 Å². The third-order valence-corrected chi connectivity index (χ3v) is 2.67. The summed E-state index contributed by atoms with van der Waals surface area (Å²) >= 11 is 0. The normalized spacial score (nSPS) is 9.82. The molecule has 2 amide bonds. The molecular formula is C14H20N2O6. The number of hydroxylamine groups is 1. The van der Waals surface area contributed by atoms with E-state index in [2.05, 4.69) is 10.8 Å². The molecule has 1 aromatic carbocycles. The second kappa shape index (κ2) is 8.73. The molecule has 0 saturated carbocycles. The zero-order valence-electron chi connectivity index (χ0n) is 13.0.